The van der Waals surface area contributed by atoms with Gasteiger partial charge in [-0.3, -0.25) is 14.5 Å². The van der Waals surface area contributed by atoms with E-state index in [0.717, 1.165) is 31.7 Å². The molecule has 3 heterocycles. The van der Waals surface area contributed by atoms with E-state index in [1.807, 2.05) is 12.1 Å². The van der Waals surface area contributed by atoms with Crippen LogP contribution in [0.2, 0.25) is 0 Å². The Morgan fingerprint density at radius 3 is 2.56 bits per heavy atom. The SMILES string of the molecule is CCC(=O)NC1CN(c2ccc(-c3ccc(N4CCC(NC(C)=O)CC4)nc3)c(F)c2)C(=O)O1. The predicted molar refractivity (Wildman–Crippen MR) is 125 cm³/mol. The summed E-state index contributed by atoms with van der Waals surface area (Å²) in [6.45, 7) is 4.91. The van der Waals surface area contributed by atoms with Gasteiger partial charge in [-0.1, -0.05) is 6.92 Å². The summed E-state index contributed by atoms with van der Waals surface area (Å²) < 4.78 is 20.1. The largest absolute Gasteiger partial charge is 0.423 e. The van der Waals surface area contributed by atoms with Crippen LogP contribution in [0.15, 0.2) is 36.5 Å². The van der Waals surface area contributed by atoms with Crippen LogP contribution < -0.4 is 20.4 Å². The highest BCUT2D eigenvalue weighted by Crippen LogP contribution is 2.29. The van der Waals surface area contributed by atoms with Crippen LogP contribution in [0.3, 0.4) is 0 Å². The second-order valence-corrected chi connectivity index (χ2v) is 8.44. The third kappa shape index (κ3) is 5.27. The molecule has 34 heavy (non-hydrogen) atoms. The van der Waals surface area contributed by atoms with E-state index in [2.05, 4.69) is 20.5 Å². The number of aromatic nitrogens is 1. The van der Waals surface area contributed by atoms with Crippen LogP contribution in [0.25, 0.3) is 11.1 Å². The fourth-order valence-corrected chi connectivity index (χ4v) is 4.21. The number of carbonyl (C=O) groups is 3. The van der Waals surface area contributed by atoms with Gasteiger partial charge in [0.15, 0.2) is 6.23 Å². The number of amides is 3. The third-order valence-electron chi connectivity index (χ3n) is 6.00. The lowest BCUT2D eigenvalue weighted by atomic mass is 10.0. The lowest BCUT2D eigenvalue weighted by Crippen LogP contribution is -2.44. The predicted octanol–water partition coefficient (Wildman–Crippen LogP) is 2.80. The molecule has 9 nitrogen and oxygen atoms in total. The Morgan fingerprint density at radius 2 is 1.94 bits per heavy atom. The fourth-order valence-electron chi connectivity index (χ4n) is 4.21. The second-order valence-electron chi connectivity index (χ2n) is 8.44. The molecule has 1 unspecified atom stereocenters. The van der Waals surface area contributed by atoms with Crippen molar-refractivity contribution >= 4 is 29.4 Å². The quantitative estimate of drug-likeness (QED) is 0.674. The van der Waals surface area contributed by atoms with E-state index in [9.17, 15) is 18.8 Å². The molecule has 0 spiro atoms. The number of rotatable bonds is 6. The van der Waals surface area contributed by atoms with Crippen LogP contribution in [0.4, 0.5) is 20.7 Å². The number of carbonyl (C=O) groups excluding carboxylic acids is 3. The number of nitrogens with one attached hydrogen (secondary N) is 2. The summed E-state index contributed by atoms with van der Waals surface area (Å²) in [7, 11) is 0. The molecular weight excluding hydrogens is 441 g/mol. The number of hydrogen-bond donors (Lipinski definition) is 2. The van der Waals surface area contributed by atoms with E-state index in [1.165, 1.54) is 17.9 Å². The zero-order valence-electron chi connectivity index (χ0n) is 19.2. The molecule has 2 N–H and O–H groups in total. The maximum Gasteiger partial charge on any atom is 0.416 e. The molecule has 3 amide bonds. The molecule has 1 atom stereocenters. The highest BCUT2D eigenvalue weighted by atomic mass is 19.1. The van der Waals surface area contributed by atoms with Crippen LogP contribution in [0.1, 0.15) is 33.1 Å². The van der Waals surface area contributed by atoms with Crippen LogP contribution in [-0.4, -0.2) is 54.8 Å². The van der Waals surface area contributed by atoms with Crippen LogP contribution in [0.5, 0.6) is 0 Å². The Kier molecular flexibility index (Phi) is 6.95. The molecule has 1 aromatic carbocycles. The number of cyclic esters (lactones) is 1. The van der Waals surface area contributed by atoms with E-state index in [-0.39, 0.29) is 30.8 Å². The average molecular weight is 470 g/mol. The van der Waals surface area contributed by atoms with E-state index in [4.69, 9.17) is 4.74 Å². The Bertz CT molecular complexity index is 1070. The lowest BCUT2D eigenvalue weighted by molar-refractivity contribution is -0.123. The monoisotopic (exact) mass is 469 g/mol. The molecule has 180 valence electrons. The summed E-state index contributed by atoms with van der Waals surface area (Å²) in [6, 6.07) is 8.39. The summed E-state index contributed by atoms with van der Waals surface area (Å²) in [6.07, 6.45) is 2.21. The van der Waals surface area contributed by atoms with Crippen LogP contribution in [0, 0.1) is 5.82 Å². The molecule has 2 aliphatic heterocycles. The molecule has 2 aliphatic rings. The van der Waals surface area contributed by atoms with Gasteiger partial charge < -0.3 is 20.3 Å². The van der Waals surface area contributed by atoms with Gasteiger partial charge in [-0.15, -0.1) is 0 Å². The first-order valence-corrected chi connectivity index (χ1v) is 11.4. The standard InChI is InChI=1S/C24H28FN5O4/c1-3-22(32)28-23-14-30(24(33)34-23)18-5-6-19(20(25)12-18)16-4-7-21(26-13-16)29-10-8-17(9-11-29)27-15(2)31/h4-7,12-13,17,23H,3,8-11,14H2,1-2H3,(H,27,31)(H,28,32). The Labute approximate surface area is 197 Å². The highest BCUT2D eigenvalue weighted by Gasteiger charge is 2.33. The molecule has 4 rings (SSSR count). The summed E-state index contributed by atoms with van der Waals surface area (Å²) in [5, 5.41) is 5.56. The van der Waals surface area contributed by atoms with E-state index in [1.54, 1.807) is 25.3 Å². The molecule has 0 saturated carbocycles. The van der Waals surface area contributed by atoms with Gasteiger partial charge in [-0.25, -0.2) is 14.2 Å². The normalized spacial score (nSPS) is 18.6. The summed E-state index contributed by atoms with van der Waals surface area (Å²) >= 11 is 0. The zero-order valence-corrected chi connectivity index (χ0v) is 19.2. The number of hydrogen-bond acceptors (Lipinski definition) is 6. The lowest BCUT2D eigenvalue weighted by Gasteiger charge is -2.33. The van der Waals surface area contributed by atoms with Gasteiger partial charge >= 0.3 is 6.09 Å². The first kappa shape index (κ1) is 23.5. The Morgan fingerprint density at radius 1 is 1.18 bits per heavy atom. The fraction of sp³-hybridized carbons (Fsp3) is 0.417. The van der Waals surface area contributed by atoms with Gasteiger partial charge in [0, 0.05) is 49.8 Å². The first-order valence-electron chi connectivity index (χ1n) is 11.4. The number of nitrogens with zero attached hydrogens (tertiary/aromatic N) is 3. The van der Waals surface area contributed by atoms with Crippen molar-refractivity contribution in [2.45, 2.75) is 45.4 Å². The summed E-state index contributed by atoms with van der Waals surface area (Å²) in [4.78, 5) is 42.9. The Balaban J connectivity index is 1.41. The summed E-state index contributed by atoms with van der Waals surface area (Å²) in [5.74, 6) is 0.0759. The summed E-state index contributed by atoms with van der Waals surface area (Å²) in [5.41, 5.74) is 1.35. The first-order chi connectivity index (χ1) is 16.3. The molecule has 2 fully saturated rings. The molecule has 10 heteroatoms. The topological polar surface area (TPSA) is 104 Å². The molecule has 2 saturated heterocycles. The molecule has 0 aliphatic carbocycles. The van der Waals surface area contributed by atoms with Gasteiger partial charge in [-0.2, -0.15) is 0 Å². The van der Waals surface area contributed by atoms with Crippen molar-refractivity contribution < 1.29 is 23.5 Å². The zero-order chi connectivity index (χ0) is 24.2. The molecule has 0 radical (unpaired) electrons. The van der Waals surface area contributed by atoms with E-state index >= 15 is 0 Å². The van der Waals surface area contributed by atoms with Crippen LogP contribution >= 0.6 is 0 Å². The van der Waals surface area contributed by atoms with Crippen LogP contribution in [-0.2, 0) is 14.3 Å². The van der Waals surface area contributed by atoms with Crippen molar-refractivity contribution in [2.24, 2.45) is 0 Å². The number of piperidine rings is 1. The van der Waals surface area contributed by atoms with Crippen molar-refractivity contribution in [1.29, 1.82) is 0 Å². The minimum atomic E-state index is -0.761. The average Bonchev–Trinajstić information content (AvgIpc) is 3.19. The maximum atomic E-state index is 15.0. The molecular formula is C24H28FN5O4. The molecule has 0 bridgehead atoms. The number of benzene rings is 1. The number of halogens is 1. The van der Waals surface area contributed by atoms with Gasteiger partial charge in [0.2, 0.25) is 11.8 Å². The van der Waals surface area contributed by atoms with Gasteiger partial charge in [-0.05, 0) is 43.2 Å². The molecule has 1 aromatic heterocycles. The second kappa shape index (κ2) is 10.1. The minimum Gasteiger partial charge on any atom is -0.423 e. The van der Waals surface area contributed by atoms with Crippen molar-refractivity contribution in [3.05, 3.63) is 42.3 Å². The number of anilines is 2. The van der Waals surface area contributed by atoms with Crippen molar-refractivity contribution in [1.82, 2.24) is 15.6 Å². The van der Waals surface area contributed by atoms with E-state index < -0.39 is 18.1 Å². The van der Waals surface area contributed by atoms with Crippen molar-refractivity contribution in [3.8, 4) is 11.1 Å². The number of pyridine rings is 1. The van der Waals surface area contributed by atoms with E-state index in [0.29, 0.717) is 16.8 Å². The Hall–Kier alpha value is -3.69. The van der Waals surface area contributed by atoms with Gasteiger partial charge in [0.25, 0.3) is 0 Å². The third-order valence-corrected chi connectivity index (χ3v) is 6.00. The minimum absolute atomic E-state index is 0.0151. The highest BCUT2D eigenvalue weighted by molar-refractivity contribution is 5.90. The van der Waals surface area contributed by atoms with Crippen molar-refractivity contribution in [3.63, 3.8) is 0 Å². The van der Waals surface area contributed by atoms with Gasteiger partial charge in [0.05, 0.1) is 12.2 Å². The smallest absolute Gasteiger partial charge is 0.416 e. The maximum absolute atomic E-state index is 15.0. The van der Waals surface area contributed by atoms with Gasteiger partial charge in [0.1, 0.15) is 11.6 Å². The number of ether oxygens (including phenoxy) is 1. The van der Waals surface area contributed by atoms with Crippen molar-refractivity contribution in [2.75, 3.05) is 29.4 Å². The molecule has 2 aromatic rings.